The Morgan fingerprint density at radius 3 is 2.69 bits per heavy atom. The van der Waals surface area contributed by atoms with Crippen LogP contribution in [0.2, 0.25) is 5.02 Å². The standard InChI is InChI=1S/C16H19ClN6O2S/c1-11(14(24)20-15-21-18-10-26-15)19-16(25)23-7-5-22(6-8-23)13-4-2-3-12(17)9-13/h2-4,9-11H,5-8H2,1H3,(H,19,25)(H,20,21,24)/t11-/m1/s1. The molecule has 1 saturated heterocycles. The molecule has 0 aliphatic carbocycles. The number of rotatable bonds is 4. The molecular formula is C16H19ClN6O2S. The highest BCUT2D eigenvalue weighted by Crippen LogP contribution is 2.20. The Kier molecular flexibility index (Phi) is 5.89. The number of anilines is 2. The van der Waals surface area contributed by atoms with E-state index in [0.717, 1.165) is 5.69 Å². The summed E-state index contributed by atoms with van der Waals surface area (Å²) in [5, 5.41) is 13.8. The van der Waals surface area contributed by atoms with E-state index in [0.29, 0.717) is 36.3 Å². The van der Waals surface area contributed by atoms with E-state index in [2.05, 4.69) is 25.7 Å². The Morgan fingerprint density at radius 2 is 2.04 bits per heavy atom. The smallest absolute Gasteiger partial charge is 0.318 e. The molecule has 26 heavy (non-hydrogen) atoms. The molecule has 0 bridgehead atoms. The molecule has 2 N–H and O–H groups in total. The van der Waals surface area contributed by atoms with Crippen molar-refractivity contribution in [2.24, 2.45) is 0 Å². The van der Waals surface area contributed by atoms with E-state index in [-0.39, 0.29) is 11.9 Å². The molecule has 1 aromatic heterocycles. The van der Waals surface area contributed by atoms with Crippen molar-refractivity contribution in [3.8, 4) is 0 Å². The van der Waals surface area contributed by atoms with E-state index in [1.54, 1.807) is 11.8 Å². The number of carbonyl (C=O) groups is 2. The third-order valence-corrected chi connectivity index (χ3v) is 4.91. The molecule has 0 saturated carbocycles. The van der Waals surface area contributed by atoms with Crippen LogP contribution in [0.1, 0.15) is 6.92 Å². The third-order valence-electron chi connectivity index (χ3n) is 4.06. The van der Waals surface area contributed by atoms with Gasteiger partial charge in [0, 0.05) is 36.9 Å². The number of amides is 3. The van der Waals surface area contributed by atoms with Gasteiger partial charge in [-0.05, 0) is 25.1 Å². The quantitative estimate of drug-likeness (QED) is 0.828. The lowest BCUT2D eigenvalue weighted by Gasteiger charge is -2.36. The van der Waals surface area contributed by atoms with E-state index in [9.17, 15) is 9.59 Å². The second kappa shape index (κ2) is 8.33. The molecule has 3 amide bonds. The second-order valence-corrected chi connectivity index (χ2v) is 7.13. The largest absolute Gasteiger partial charge is 0.368 e. The Balaban J connectivity index is 1.48. The van der Waals surface area contributed by atoms with Gasteiger partial charge in [-0.3, -0.25) is 10.1 Å². The Hall–Kier alpha value is -2.39. The van der Waals surface area contributed by atoms with E-state index in [1.165, 1.54) is 16.8 Å². The first-order valence-corrected chi connectivity index (χ1v) is 9.41. The van der Waals surface area contributed by atoms with Crippen LogP contribution in [-0.4, -0.2) is 59.3 Å². The number of nitrogens with one attached hydrogen (secondary N) is 2. The number of aromatic nitrogens is 2. The fourth-order valence-electron chi connectivity index (χ4n) is 2.62. The second-order valence-electron chi connectivity index (χ2n) is 5.86. The summed E-state index contributed by atoms with van der Waals surface area (Å²) in [6.07, 6.45) is 0. The average Bonchev–Trinajstić information content (AvgIpc) is 3.14. The van der Waals surface area contributed by atoms with Crippen LogP contribution in [0.3, 0.4) is 0 Å². The topological polar surface area (TPSA) is 90.5 Å². The third kappa shape index (κ3) is 4.61. The van der Waals surface area contributed by atoms with Gasteiger partial charge >= 0.3 is 6.03 Å². The van der Waals surface area contributed by atoms with E-state index < -0.39 is 6.04 Å². The summed E-state index contributed by atoms with van der Waals surface area (Å²) < 4.78 is 0. The summed E-state index contributed by atoms with van der Waals surface area (Å²) >= 11 is 7.26. The number of benzene rings is 1. The van der Waals surface area contributed by atoms with Crippen LogP contribution in [-0.2, 0) is 4.79 Å². The molecule has 10 heteroatoms. The van der Waals surface area contributed by atoms with Gasteiger partial charge in [-0.25, -0.2) is 4.79 Å². The van der Waals surface area contributed by atoms with Gasteiger partial charge in [0.2, 0.25) is 11.0 Å². The number of hydrogen-bond acceptors (Lipinski definition) is 6. The zero-order chi connectivity index (χ0) is 18.5. The minimum atomic E-state index is -0.669. The zero-order valence-corrected chi connectivity index (χ0v) is 15.8. The van der Waals surface area contributed by atoms with Gasteiger partial charge in [0.05, 0.1) is 0 Å². The predicted molar refractivity (Wildman–Crippen MR) is 102 cm³/mol. The zero-order valence-electron chi connectivity index (χ0n) is 14.2. The highest BCUT2D eigenvalue weighted by molar-refractivity contribution is 7.13. The van der Waals surface area contributed by atoms with Crippen molar-refractivity contribution in [3.05, 3.63) is 34.8 Å². The van der Waals surface area contributed by atoms with Gasteiger partial charge in [0.15, 0.2) is 0 Å². The maximum Gasteiger partial charge on any atom is 0.318 e. The van der Waals surface area contributed by atoms with E-state index in [4.69, 9.17) is 11.6 Å². The lowest BCUT2D eigenvalue weighted by atomic mass is 10.2. The van der Waals surface area contributed by atoms with Gasteiger partial charge in [0.1, 0.15) is 11.6 Å². The summed E-state index contributed by atoms with van der Waals surface area (Å²) in [6.45, 7) is 4.20. The van der Waals surface area contributed by atoms with Crippen LogP contribution >= 0.6 is 22.9 Å². The van der Waals surface area contributed by atoms with Gasteiger partial charge in [-0.15, -0.1) is 10.2 Å². The van der Waals surface area contributed by atoms with Crippen LogP contribution < -0.4 is 15.5 Å². The lowest BCUT2D eigenvalue weighted by molar-refractivity contribution is -0.117. The number of urea groups is 1. The monoisotopic (exact) mass is 394 g/mol. The molecular weight excluding hydrogens is 376 g/mol. The summed E-state index contributed by atoms with van der Waals surface area (Å²) in [6, 6.07) is 6.74. The molecule has 2 aromatic rings. The maximum atomic E-state index is 12.4. The molecule has 138 valence electrons. The summed E-state index contributed by atoms with van der Waals surface area (Å²) in [5.74, 6) is -0.326. The van der Waals surface area contributed by atoms with Crippen LogP contribution in [0.5, 0.6) is 0 Å². The Morgan fingerprint density at radius 1 is 1.27 bits per heavy atom. The van der Waals surface area contributed by atoms with Crippen LogP contribution in [0.15, 0.2) is 29.8 Å². The van der Waals surface area contributed by atoms with Crippen LogP contribution in [0.4, 0.5) is 15.6 Å². The van der Waals surface area contributed by atoms with Crippen molar-refractivity contribution < 1.29 is 9.59 Å². The highest BCUT2D eigenvalue weighted by atomic mass is 35.5. The Labute approximate surface area is 160 Å². The SMILES string of the molecule is C[C@@H](NC(=O)N1CCN(c2cccc(Cl)c2)CC1)C(=O)Nc1nncs1. The number of piperazine rings is 1. The molecule has 1 atom stereocenters. The van der Waals surface area contributed by atoms with Crippen molar-refractivity contribution in [2.45, 2.75) is 13.0 Å². The molecule has 1 aromatic carbocycles. The van der Waals surface area contributed by atoms with Crippen molar-refractivity contribution in [2.75, 3.05) is 36.4 Å². The summed E-state index contributed by atoms with van der Waals surface area (Å²) in [7, 11) is 0. The number of halogens is 1. The van der Waals surface area contributed by atoms with Gasteiger partial charge in [-0.1, -0.05) is 29.0 Å². The molecule has 2 heterocycles. The molecule has 0 spiro atoms. The average molecular weight is 395 g/mol. The fourth-order valence-corrected chi connectivity index (χ4v) is 3.26. The predicted octanol–water partition coefficient (Wildman–Crippen LogP) is 2.05. The van der Waals surface area contributed by atoms with Gasteiger partial charge in [0.25, 0.3) is 0 Å². The number of nitrogens with zero attached hydrogens (tertiary/aromatic N) is 4. The van der Waals surface area contributed by atoms with Crippen molar-refractivity contribution in [1.82, 2.24) is 20.4 Å². The Bertz CT molecular complexity index is 764. The summed E-state index contributed by atoms with van der Waals surface area (Å²) in [5.41, 5.74) is 2.57. The van der Waals surface area contributed by atoms with Crippen LogP contribution in [0, 0.1) is 0 Å². The van der Waals surface area contributed by atoms with Crippen molar-refractivity contribution >= 4 is 45.7 Å². The van der Waals surface area contributed by atoms with E-state index >= 15 is 0 Å². The molecule has 0 unspecified atom stereocenters. The highest BCUT2D eigenvalue weighted by Gasteiger charge is 2.24. The van der Waals surface area contributed by atoms with Gasteiger partial charge < -0.3 is 15.1 Å². The maximum absolute atomic E-state index is 12.4. The normalized spacial score (nSPS) is 15.5. The first-order valence-electron chi connectivity index (χ1n) is 8.16. The first-order chi connectivity index (χ1) is 12.5. The van der Waals surface area contributed by atoms with Gasteiger partial charge in [-0.2, -0.15) is 0 Å². The number of hydrogen-bond donors (Lipinski definition) is 2. The number of carbonyl (C=O) groups excluding carboxylic acids is 2. The summed E-state index contributed by atoms with van der Waals surface area (Å²) in [4.78, 5) is 28.3. The van der Waals surface area contributed by atoms with E-state index in [1.807, 2.05) is 24.3 Å². The van der Waals surface area contributed by atoms with Crippen molar-refractivity contribution in [1.29, 1.82) is 0 Å². The first kappa shape index (κ1) is 18.4. The molecule has 0 radical (unpaired) electrons. The minimum Gasteiger partial charge on any atom is -0.368 e. The molecule has 1 aliphatic heterocycles. The van der Waals surface area contributed by atoms with Crippen LogP contribution in [0.25, 0.3) is 0 Å². The molecule has 8 nitrogen and oxygen atoms in total. The lowest BCUT2D eigenvalue weighted by Crippen LogP contribution is -2.54. The fraction of sp³-hybridized carbons (Fsp3) is 0.375. The molecule has 1 fully saturated rings. The molecule has 1 aliphatic rings. The van der Waals surface area contributed by atoms with Crippen molar-refractivity contribution in [3.63, 3.8) is 0 Å². The molecule has 3 rings (SSSR count). The minimum absolute atomic E-state index is 0.254.